The zero-order chi connectivity index (χ0) is 14.6. The molecule has 0 aromatic heterocycles. The lowest BCUT2D eigenvalue weighted by molar-refractivity contribution is 0.477. The number of hydrogen-bond donors (Lipinski definition) is 2. The van der Waals surface area contributed by atoms with Crippen molar-refractivity contribution in [1.29, 1.82) is 0 Å². The zero-order valence-corrected chi connectivity index (χ0v) is 13.3. The molecular formula is C14H22N2O2S2. The van der Waals surface area contributed by atoms with Gasteiger partial charge in [0.15, 0.2) is 0 Å². The Morgan fingerprint density at radius 3 is 2.85 bits per heavy atom. The van der Waals surface area contributed by atoms with Crippen LogP contribution in [0.15, 0.2) is 29.2 Å². The molecule has 0 saturated heterocycles. The average Bonchev–Trinajstić information content (AvgIpc) is 2.74. The first-order chi connectivity index (χ1) is 9.46. The van der Waals surface area contributed by atoms with Crippen molar-refractivity contribution in [3.8, 4) is 0 Å². The molecule has 112 valence electrons. The number of anilines is 1. The maximum Gasteiger partial charge on any atom is 0.212 e. The van der Waals surface area contributed by atoms with Crippen LogP contribution in [0.2, 0.25) is 0 Å². The Balaban J connectivity index is 1.80. The van der Waals surface area contributed by atoms with Gasteiger partial charge in [0.25, 0.3) is 0 Å². The molecule has 2 unspecified atom stereocenters. The molecule has 6 heteroatoms. The highest BCUT2D eigenvalue weighted by Crippen LogP contribution is 2.25. The van der Waals surface area contributed by atoms with Gasteiger partial charge < -0.3 is 5.73 Å². The van der Waals surface area contributed by atoms with E-state index in [2.05, 4.69) is 11.6 Å². The fourth-order valence-electron chi connectivity index (χ4n) is 2.48. The van der Waals surface area contributed by atoms with E-state index in [1.165, 1.54) is 11.8 Å². The van der Waals surface area contributed by atoms with Crippen molar-refractivity contribution in [2.24, 2.45) is 5.92 Å². The van der Waals surface area contributed by atoms with Crippen LogP contribution in [-0.4, -0.2) is 26.0 Å². The fraction of sp³-hybridized carbons (Fsp3) is 0.571. The number of benzene rings is 1. The highest BCUT2D eigenvalue weighted by Gasteiger charge is 2.27. The third-order valence-corrected chi connectivity index (χ3v) is 6.33. The van der Waals surface area contributed by atoms with Crippen LogP contribution in [0.4, 0.5) is 5.69 Å². The number of nitrogen functional groups attached to an aromatic ring is 1. The molecule has 1 aliphatic carbocycles. The maximum absolute atomic E-state index is 12.0. The molecule has 0 spiro atoms. The van der Waals surface area contributed by atoms with Gasteiger partial charge in [-0.05, 0) is 37.0 Å². The minimum atomic E-state index is -3.18. The van der Waals surface area contributed by atoms with Gasteiger partial charge in [-0.2, -0.15) is 0 Å². The molecule has 0 bridgehead atoms. The summed E-state index contributed by atoms with van der Waals surface area (Å²) in [5, 5.41) is 0. The smallest absolute Gasteiger partial charge is 0.212 e. The maximum atomic E-state index is 12.0. The predicted octanol–water partition coefficient (Wildman–Crippen LogP) is 2.47. The number of thioether (sulfide) groups is 1. The van der Waals surface area contributed by atoms with E-state index < -0.39 is 10.0 Å². The SMILES string of the molecule is CC1CCCC1NS(=O)(=O)CCSc1cccc(N)c1. The summed E-state index contributed by atoms with van der Waals surface area (Å²) >= 11 is 1.52. The van der Waals surface area contributed by atoms with Gasteiger partial charge in [0, 0.05) is 22.4 Å². The molecule has 1 aliphatic rings. The van der Waals surface area contributed by atoms with Crippen LogP contribution in [0.5, 0.6) is 0 Å². The molecule has 0 radical (unpaired) electrons. The molecule has 0 aliphatic heterocycles. The summed E-state index contributed by atoms with van der Waals surface area (Å²) in [6.45, 7) is 2.11. The lowest BCUT2D eigenvalue weighted by atomic mass is 10.1. The highest BCUT2D eigenvalue weighted by atomic mass is 32.2. The van der Waals surface area contributed by atoms with E-state index in [-0.39, 0.29) is 11.8 Å². The first-order valence-electron chi connectivity index (χ1n) is 6.94. The van der Waals surface area contributed by atoms with Crippen molar-refractivity contribution >= 4 is 27.5 Å². The molecule has 1 aromatic carbocycles. The molecule has 2 rings (SSSR count). The second-order valence-corrected chi connectivity index (χ2v) is 8.41. The first-order valence-corrected chi connectivity index (χ1v) is 9.58. The summed E-state index contributed by atoms with van der Waals surface area (Å²) in [5.74, 6) is 1.14. The van der Waals surface area contributed by atoms with Crippen molar-refractivity contribution in [2.75, 3.05) is 17.2 Å². The van der Waals surface area contributed by atoms with E-state index in [4.69, 9.17) is 5.73 Å². The molecule has 1 saturated carbocycles. The summed E-state index contributed by atoms with van der Waals surface area (Å²) in [6, 6.07) is 7.63. The molecule has 3 N–H and O–H groups in total. The van der Waals surface area contributed by atoms with E-state index in [1.807, 2.05) is 24.3 Å². The quantitative estimate of drug-likeness (QED) is 0.625. The van der Waals surface area contributed by atoms with E-state index in [0.29, 0.717) is 17.4 Å². The minimum absolute atomic E-state index is 0.123. The summed E-state index contributed by atoms with van der Waals surface area (Å²) < 4.78 is 26.9. The number of sulfonamides is 1. The third kappa shape index (κ3) is 4.68. The van der Waals surface area contributed by atoms with Gasteiger partial charge in [0.05, 0.1) is 5.75 Å². The number of nitrogens with one attached hydrogen (secondary N) is 1. The van der Waals surface area contributed by atoms with E-state index >= 15 is 0 Å². The Labute approximate surface area is 125 Å². The van der Waals surface area contributed by atoms with Gasteiger partial charge >= 0.3 is 0 Å². The molecular weight excluding hydrogens is 292 g/mol. The standard InChI is InChI=1S/C14H22N2O2S2/c1-11-4-2-7-14(11)16-20(17,18)9-8-19-13-6-3-5-12(15)10-13/h3,5-6,10-11,14,16H,2,4,7-9,15H2,1H3. The molecule has 20 heavy (non-hydrogen) atoms. The van der Waals surface area contributed by atoms with E-state index in [1.54, 1.807) is 0 Å². The molecule has 0 amide bonds. The van der Waals surface area contributed by atoms with Gasteiger partial charge in [-0.25, -0.2) is 13.1 Å². The van der Waals surface area contributed by atoms with Gasteiger partial charge in [-0.1, -0.05) is 19.4 Å². The minimum Gasteiger partial charge on any atom is -0.399 e. The second kappa shape index (κ2) is 6.83. The summed E-state index contributed by atoms with van der Waals surface area (Å²) in [6.07, 6.45) is 3.19. The van der Waals surface area contributed by atoms with Gasteiger partial charge in [0.1, 0.15) is 0 Å². The van der Waals surface area contributed by atoms with E-state index in [0.717, 1.165) is 24.2 Å². The lowest BCUT2D eigenvalue weighted by Gasteiger charge is -2.17. The Hall–Kier alpha value is -0.720. The van der Waals surface area contributed by atoms with Crippen LogP contribution in [0, 0.1) is 5.92 Å². The van der Waals surface area contributed by atoms with Crippen molar-refractivity contribution in [3.63, 3.8) is 0 Å². The second-order valence-electron chi connectivity index (χ2n) is 5.37. The number of hydrogen-bond acceptors (Lipinski definition) is 4. The van der Waals surface area contributed by atoms with Crippen molar-refractivity contribution < 1.29 is 8.42 Å². The Bertz CT molecular complexity index is 546. The summed E-state index contributed by atoms with van der Waals surface area (Å²) in [7, 11) is -3.18. The average molecular weight is 314 g/mol. The Morgan fingerprint density at radius 1 is 1.40 bits per heavy atom. The zero-order valence-electron chi connectivity index (χ0n) is 11.7. The van der Waals surface area contributed by atoms with Crippen LogP contribution >= 0.6 is 11.8 Å². The number of rotatable bonds is 6. The molecule has 1 fully saturated rings. The molecule has 0 heterocycles. The fourth-order valence-corrected chi connectivity index (χ4v) is 5.25. The van der Waals surface area contributed by atoms with Crippen LogP contribution in [0.1, 0.15) is 26.2 Å². The van der Waals surface area contributed by atoms with Crippen LogP contribution in [0.3, 0.4) is 0 Å². The molecule has 4 nitrogen and oxygen atoms in total. The predicted molar refractivity (Wildman–Crippen MR) is 85.3 cm³/mol. The largest absolute Gasteiger partial charge is 0.399 e. The van der Waals surface area contributed by atoms with Gasteiger partial charge in [0.2, 0.25) is 10.0 Å². The van der Waals surface area contributed by atoms with Crippen molar-refractivity contribution in [1.82, 2.24) is 4.72 Å². The Kier molecular flexibility index (Phi) is 5.35. The van der Waals surface area contributed by atoms with E-state index in [9.17, 15) is 8.42 Å². The topological polar surface area (TPSA) is 72.2 Å². The van der Waals surface area contributed by atoms with Gasteiger partial charge in [-0.3, -0.25) is 0 Å². The summed E-state index contributed by atoms with van der Waals surface area (Å²) in [4.78, 5) is 1.01. The van der Waals surface area contributed by atoms with Crippen molar-refractivity contribution in [3.05, 3.63) is 24.3 Å². The highest BCUT2D eigenvalue weighted by molar-refractivity contribution is 8.00. The van der Waals surface area contributed by atoms with Crippen LogP contribution < -0.4 is 10.5 Å². The molecule has 1 aromatic rings. The normalized spacial score (nSPS) is 23.1. The monoisotopic (exact) mass is 314 g/mol. The Morgan fingerprint density at radius 2 is 2.20 bits per heavy atom. The summed E-state index contributed by atoms with van der Waals surface area (Å²) in [5.41, 5.74) is 6.40. The van der Waals surface area contributed by atoms with Gasteiger partial charge in [-0.15, -0.1) is 11.8 Å². The number of nitrogens with two attached hydrogens (primary N) is 1. The molecule has 2 atom stereocenters. The van der Waals surface area contributed by atoms with Crippen LogP contribution in [-0.2, 0) is 10.0 Å². The lowest BCUT2D eigenvalue weighted by Crippen LogP contribution is -2.38. The van der Waals surface area contributed by atoms with Crippen molar-refractivity contribution in [2.45, 2.75) is 37.1 Å². The van der Waals surface area contributed by atoms with Crippen LogP contribution in [0.25, 0.3) is 0 Å². The third-order valence-electron chi connectivity index (χ3n) is 3.67. The first kappa shape index (κ1) is 15.7.